The number of methoxy groups -OCH3 is 1. The fourth-order valence-electron chi connectivity index (χ4n) is 4.56. The van der Waals surface area contributed by atoms with Crippen LogP contribution in [0, 0.1) is 5.41 Å². The normalized spacial score (nSPS) is 43.1. The first-order valence-corrected chi connectivity index (χ1v) is 12.7. The third kappa shape index (κ3) is 4.41. The molecule has 172 valence electrons. The van der Waals surface area contributed by atoms with Crippen LogP contribution in [-0.2, 0) is 28.4 Å². The van der Waals surface area contributed by atoms with E-state index in [1.54, 1.807) is 30.6 Å². The van der Waals surface area contributed by atoms with Crippen LogP contribution in [0.15, 0.2) is 30.3 Å². The first-order valence-electron chi connectivity index (χ1n) is 10.6. The van der Waals surface area contributed by atoms with Crippen molar-refractivity contribution in [3.8, 4) is 0 Å². The third-order valence-corrected chi connectivity index (χ3v) is 9.71. The Hall–Kier alpha value is -0.360. The van der Waals surface area contributed by atoms with Crippen molar-refractivity contribution < 1.29 is 33.5 Å². The molecule has 0 saturated carbocycles. The lowest BCUT2D eigenvalue weighted by atomic mass is 9.94. The highest BCUT2D eigenvalue weighted by molar-refractivity contribution is 8.17. The van der Waals surface area contributed by atoms with Gasteiger partial charge in [-0.05, 0) is 19.4 Å². The van der Waals surface area contributed by atoms with Crippen LogP contribution in [0.2, 0.25) is 0 Å². The van der Waals surface area contributed by atoms with Crippen LogP contribution in [0.4, 0.5) is 0 Å². The number of thioether (sulfide) groups is 2. The molecular formula is C22H30O7S2. The molecule has 0 radical (unpaired) electrons. The van der Waals surface area contributed by atoms with Crippen molar-refractivity contribution in [2.75, 3.05) is 31.8 Å². The second-order valence-corrected chi connectivity index (χ2v) is 11.7. The Labute approximate surface area is 191 Å². The van der Waals surface area contributed by atoms with Crippen molar-refractivity contribution in [2.45, 2.75) is 61.2 Å². The number of aliphatic hydroxyl groups is 1. The first kappa shape index (κ1) is 22.4. The highest BCUT2D eigenvalue weighted by atomic mass is 32.2. The van der Waals surface area contributed by atoms with E-state index in [2.05, 4.69) is 0 Å². The largest absolute Gasteiger partial charge is 0.386 e. The van der Waals surface area contributed by atoms with Gasteiger partial charge in [0.05, 0.1) is 23.9 Å². The minimum atomic E-state index is -0.685. The maximum absolute atomic E-state index is 10.7. The standard InChI is InChI=1S/C22H30O7S2/c1-21(2)28-15-16(27-18(24-3)17(15)29-21)19-25-9-22(10-26-19)11-30-20(31-12-22)14(23)13-7-5-4-6-8-13/h4-8,14-20,23H,9-12H2,1-3H3/t14?,15-,16+,17-,18?,19?,20?,22?/m1/s1. The van der Waals surface area contributed by atoms with Gasteiger partial charge in [-0.25, -0.2) is 0 Å². The van der Waals surface area contributed by atoms with Gasteiger partial charge in [-0.15, -0.1) is 23.5 Å². The molecule has 0 bridgehead atoms. The molecule has 31 heavy (non-hydrogen) atoms. The summed E-state index contributed by atoms with van der Waals surface area (Å²) in [5.74, 6) is 1.08. The number of fused-ring (bicyclic) bond motifs is 1. The molecule has 5 rings (SSSR count). The second kappa shape index (κ2) is 8.77. The van der Waals surface area contributed by atoms with E-state index in [0.29, 0.717) is 13.2 Å². The van der Waals surface area contributed by atoms with Crippen LogP contribution in [0.25, 0.3) is 0 Å². The lowest BCUT2D eigenvalue weighted by Gasteiger charge is -2.45. The van der Waals surface area contributed by atoms with Crippen LogP contribution in [-0.4, -0.2) is 78.2 Å². The van der Waals surface area contributed by atoms with E-state index in [1.165, 1.54) is 0 Å². The molecular weight excluding hydrogens is 440 g/mol. The van der Waals surface area contributed by atoms with Gasteiger partial charge < -0.3 is 33.5 Å². The van der Waals surface area contributed by atoms with Crippen LogP contribution >= 0.6 is 23.5 Å². The fourth-order valence-corrected chi connectivity index (χ4v) is 7.74. The van der Waals surface area contributed by atoms with Gasteiger partial charge in [0.2, 0.25) is 0 Å². The monoisotopic (exact) mass is 470 g/mol. The minimum Gasteiger partial charge on any atom is -0.386 e. The summed E-state index contributed by atoms with van der Waals surface area (Å²) in [5, 5.41) is 10.7. The summed E-state index contributed by atoms with van der Waals surface area (Å²) < 4.78 is 36.0. The Balaban J connectivity index is 1.17. The molecule has 0 aliphatic carbocycles. The molecule has 0 amide bonds. The van der Waals surface area contributed by atoms with Crippen LogP contribution in [0.5, 0.6) is 0 Å². The zero-order chi connectivity index (χ0) is 21.6. The summed E-state index contributed by atoms with van der Waals surface area (Å²) in [4.78, 5) is 0. The van der Waals surface area contributed by atoms with Gasteiger partial charge in [0, 0.05) is 24.0 Å². The molecule has 2 unspecified atom stereocenters. The van der Waals surface area contributed by atoms with Crippen molar-refractivity contribution in [3.05, 3.63) is 35.9 Å². The average Bonchev–Trinajstić information content (AvgIpc) is 3.28. The van der Waals surface area contributed by atoms with E-state index in [-0.39, 0.29) is 22.2 Å². The zero-order valence-corrected chi connectivity index (χ0v) is 19.6. The summed E-state index contributed by atoms with van der Waals surface area (Å²) in [6.07, 6.45) is -2.48. The summed E-state index contributed by atoms with van der Waals surface area (Å²) in [6, 6.07) is 9.85. The van der Waals surface area contributed by atoms with Crippen molar-refractivity contribution >= 4 is 23.5 Å². The molecule has 5 atom stereocenters. The molecule has 0 aromatic heterocycles. The van der Waals surface area contributed by atoms with E-state index in [1.807, 2.05) is 44.2 Å². The Morgan fingerprint density at radius 3 is 2.29 bits per heavy atom. The fraction of sp³-hybridized carbons (Fsp3) is 0.727. The third-order valence-electron chi connectivity index (χ3n) is 6.16. The molecule has 7 nitrogen and oxygen atoms in total. The van der Waals surface area contributed by atoms with Crippen molar-refractivity contribution in [2.24, 2.45) is 5.41 Å². The molecule has 1 aromatic carbocycles. The number of benzene rings is 1. The van der Waals surface area contributed by atoms with E-state index in [9.17, 15) is 5.11 Å². The average molecular weight is 471 g/mol. The van der Waals surface area contributed by atoms with Crippen LogP contribution < -0.4 is 0 Å². The maximum Gasteiger partial charge on any atom is 0.186 e. The first-order chi connectivity index (χ1) is 14.9. The summed E-state index contributed by atoms with van der Waals surface area (Å²) in [6.45, 7) is 4.96. The SMILES string of the molecule is COC1O[C@H](C2OCC3(CO2)CSC(C(O)c2ccccc2)SC3)[C@H]2OC(C)(C)O[C@@H]12. The molecule has 1 spiro atoms. The predicted octanol–water partition coefficient (Wildman–Crippen LogP) is 2.78. The topological polar surface area (TPSA) is 75.6 Å². The number of hydrogen-bond acceptors (Lipinski definition) is 9. The predicted molar refractivity (Wildman–Crippen MR) is 118 cm³/mol. The van der Waals surface area contributed by atoms with E-state index >= 15 is 0 Å². The molecule has 1 N–H and O–H groups in total. The Bertz CT molecular complexity index is 745. The van der Waals surface area contributed by atoms with E-state index < -0.39 is 30.6 Å². The smallest absolute Gasteiger partial charge is 0.186 e. The van der Waals surface area contributed by atoms with Gasteiger partial charge in [-0.2, -0.15) is 0 Å². The maximum atomic E-state index is 10.7. The quantitative estimate of drug-likeness (QED) is 0.715. The van der Waals surface area contributed by atoms with E-state index in [4.69, 9.17) is 28.4 Å². The van der Waals surface area contributed by atoms with Gasteiger partial charge >= 0.3 is 0 Å². The lowest BCUT2D eigenvalue weighted by Crippen LogP contribution is -2.52. The molecule has 1 aromatic rings. The highest BCUT2D eigenvalue weighted by Gasteiger charge is 2.59. The van der Waals surface area contributed by atoms with Crippen LogP contribution in [0.3, 0.4) is 0 Å². The Morgan fingerprint density at radius 1 is 1.00 bits per heavy atom. The highest BCUT2D eigenvalue weighted by Crippen LogP contribution is 2.48. The number of rotatable bonds is 4. The molecule has 4 aliphatic rings. The summed E-state index contributed by atoms with van der Waals surface area (Å²) in [5.41, 5.74) is 0.894. The second-order valence-electron chi connectivity index (χ2n) is 9.11. The van der Waals surface area contributed by atoms with Gasteiger partial charge in [-0.3, -0.25) is 0 Å². The molecule has 4 aliphatic heterocycles. The summed E-state index contributed by atoms with van der Waals surface area (Å²) >= 11 is 3.56. The van der Waals surface area contributed by atoms with Gasteiger partial charge in [0.15, 0.2) is 18.4 Å². The van der Waals surface area contributed by atoms with Crippen molar-refractivity contribution in [3.63, 3.8) is 0 Å². The molecule has 4 fully saturated rings. The molecule has 4 heterocycles. The molecule has 4 saturated heterocycles. The Morgan fingerprint density at radius 2 is 1.65 bits per heavy atom. The van der Waals surface area contributed by atoms with Gasteiger partial charge in [0.1, 0.15) is 18.3 Å². The van der Waals surface area contributed by atoms with Crippen molar-refractivity contribution in [1.82, 2.24) is 0 Å². The zero-order valence-electron chi connectivity index (χ0n) is 18.0. The minimum absolute atomic E-state index is 0.0658. The molecule has 9 heteroatoms. The van der Waals surface area contributed by atoms with Gasteiger partial charge in [-0.1, -0.05) is 30.3 Å². The van der Waals surface area contributed by atoms with E-state index in [0.717, 1.165) is 17.1 Å². The van der Waals surface area contributed by atoms with Gasteiger partial charge in [0.25, 0.3) is 0 Å². The lowest BCUT2D eigenvalue weighted by molar-refractivity contribution is -0.297. The Kier molecular flexibility index (Phi) is 6.35. The van der Waals surface area contributed by atoms with Crippen LogP contribution in [0.1, 0.15) is 25.5 Å². The summed E-state index contributed by atoms with van der Waals surface area (Å²) in [7, 11) is 1.60. The van der Waals surface area contributed by atoms with Crippen molar-refractivity contribution in [1.29, 1.82) is 0 Å². The number of aliphatic hydroxyl groups excluding tert-OH is 1. The number of hydrogen-bond donors (Lipinski definition) is 1. The number of ether oxygens (including phenoxy) is 6.